The fourth-order valence-corrected chi connectivity index (χ4v) is 4.99. The molecule has 0 unspecified atom stereocenters. The quantitative estimate of drug-likeness (QED) is 0.256. The topological polar surface area (TPSA) is 66.4 Å². The first-order valence-electron chi connectivity index (χ1n) is 12.7. The van der Waals surface area contributed by atoms with Gasteiger partial charge in [-0.1, -0.05) is 36.4 Å². The third-order valence-electron chi connectivity index (χ3n) is 6.96. The SMILES string of the molecule is COc1cc(/C=C/Cc2ccc3c(c2)[C@H](c2cc(OC)cc(OC)c2)[C@@H](c2ccc(O)cc2)O3)cc(OC)c1. The molecule has 1 aliphatic heterocycles. The third-order valence-corrected chi connectivity index (χ3v) is 6.96. The zero-order valence-corrected chi connectivity index (χ0v) is 22.5. The molecule has 1 N–H and O–H groups in total. The minimum absolute atomic E-state index is 0.0971. The van der Waals surface area contributed by atoms with E-state index in [9.17, 15) is 5.11 Å². The van der Waals surface area contributed by atoms with Crippen LogP contribution in [0.1, 0.15) is 39.8 Å². The molecular weight excluding hydrogens is 492 g/mol. The lowest BCUT2D eigenvalue weighted by atomic mass is 9.84. The van der Waals surface area contributed by atoms with E-state index in [2.05, 4.69) is 24.3 Å². The van der Waals surface area contributed by atoms with E-state index < -0.39 is 0 Å². The Morgan fingerprint density at radius 1 is 0.692 bits per heavy atom. The van der Waals surface area contributed by atoms with Gasteiger partial charge in [-0.15, -0.1) is 0 Å². The molecule has 0 amide bonds. The molecule has 0 spiro atoms. The van der Waals surface area contributed by atoms with Crippen molar-refractivity contribution in [2.45, 2.75) is 18.4 Å². The fourth-order valence-electron chi connectivity index (χ4n) is 4.99. The van der Waals surface area contributed by atoms with E-state index in [1.165, 1.54) is 0 Å². The van der Waals surface area contributed by atoms with Crippen molar-refractivity contribution in [3.63, 3.8) is 0 Å². The number of fused-ring (bicyclic) bond motifs is 1. The Labute approximate surface area is 229 Å². The van der Waals surface area contributed by atoms with Crippen LogP contribution >= 0.6 is 0 Å². The van der Waals surface area contributed by atoms with E-state index in [4.69, 9.17) is 23.7 Å². The maximum Gasteiger partial charge on any atom is 0.135 e. The minimum Gasteiger partial charge on any atom is -0.508 e. The lowest BCUT2D eigenvalue weighted by Crippen LogP contribution is -2.11. The summed E-state index contributed by atoms with van der Waals surface area (Å²) in [5.41, 5.74) is 5.26. The summed E-state index contributed by atoms with van der Waals surface area (Å²) >= 11 is 0. The number of phenolic OH excluding ortho intramolecular Hbond substituents is 1. The molecule has 39 heavy (non-hydrogen) atoms. The zero-order chi connectivity index (χ0) is 27.4. The number of hydrogen-bond donors (Lipinski definition) is 1. The van der Waals surface area contributed by atoms with Crippen LogP contribution in [0.4, 0.5) is 0 Å². The second-order valence-electron chi connectivity index (χ2n) is 9.38. The number of phenols is 1. The summed E-state index contributed by atoms with van der Waals surface area (Å²) in [5, 5.41) is 9.86. The molecule has 0 bridgehead atoms. The molecule has 0 fully saturated rings. The van der Waals surface area contributed by atoms with E-state index >= 15 is 0 Å². The minimum atomic E-state index is -0.271. The number of hydrogen-bond acceptors (Lipinski definition) is 6. The first-order valence-corrected chi connectivity index (χ1v) is 12.7. The molecule has 0 aromatic heterocycles. The van der Waals surface area contributed by atoms with Crippen LogP contribution in [-0.2, 0) is 6.42 Å². The van der Waals surface area contributed by atoms with Crippen LogP contribution in [0.25, 0.3) is 6.08 Å². The number of allylic oxidation sites excluding steroid dienone is 1. The van der Waals surface area contributed by atoms with Gasteiger partial charge < -0.3 is 28.8 Å². The average molecular weight is 525 g/mol. The number of benzene rings is 4. The molecule has 4 aromatic carbocycles. The summed E-state index contributed by atoms with van der Waals surface area (Å²) < 4.78 is 28.4. The third kappa shape index (κ3) is 5.65. The van der Waals surface area contributed by atoms with Gasteiger partial charge in [0, 0.05) is 17.7 Å². The second-order valence-corrected chi connectivity index (χ2v) is 9.38. The molecule has 1 heterocycles. The molecule has 6 heteroatoms. The molecule has 0 saturated heterocycles. The van der Waals surface area contributed by atoms with Gasteiger partial charge in [-0.25, -0.2) is 0 Å². The van der Waals surface area contributed by atoms with Crippen LogP contribution in [0.15, 0.2) is 84.9 Å². The van der Waals surface area contributed by atoms with Crippen molar-refractivity contribution >= 4 is 6.08 Å². The van der Waals surface area contributed by atoms with Crippen LogP contribution in [-0.4, -0.2) is 33.5 Å². The standard InChI is InChI=1S/C33H32O6/c1-35-26-14-22(15-27(19-26)36-2)7-5-6-21-8-13-31-30(16-21)32(24-17-28(37-3)20-29(18-24)38-4)33(39-31)23-9-11-25(34)12-10-23/h5,7-20,32-34H,6H2,1-4H3/b7-5+/t32-,33+/m0/s1. The lowest BCUT2D eigenvalue weighted by molar-refractivity contribution is 0.222. The lowest BCUT2D eigenvalue weighted by Gasteiger charge is -2.21. The average Bonchev–Trinajstić information content (AvgIpc) is 3.35. The van der Waals surface area contributed by atoms with Crippen molar-refractivity contribution in [2.75, 3.05) is 28.4 Å². The summed E-state index contributed by atoms with van der Waals surface area (Å²) in [6, 6.07) is 25.3. The van der Waals surface area contributed by atoms with Gasteiger partial charge in [0.2, 0.25) is 0 Å². The van der Waals surface area contributed by atoms with Gasteiger partial charge in [0.1, 0.15) is 40.6 Å². The highest BCUT2D eigenvalue weighted by Gasteiger charge is 2.37. The summed E-state index contributed by atoms with van der Waals surface area (Å²) in [6.07, 6.45) is 4.67. The van der Waals surface area contributed by atoms with Crippen molar-refractivity contribution in [1.82, 2.24) is 0 Å². The molecule has 0 saturated carbocycles. The largest absolute Gasteiger partial charge is 0.508 e. The molecule has 200 valence electrons. The van der Waals surface area contributed by atoms with Gasteiger partial charge in [-0.3, -0.25) is 0 Å². The predicted molar refractivity (Wildman–Crippen MR) is 152 cm³/mol. The maximum absolute atomic E-state index is 9.86. The Kier molecular flexibility index (Phi) is 7.64. The second kappa shape index (κ2) is 11.4. The molecular formula is C33H32O6. The Bertz CT molecular complexity index is 1430. The van der Waals surface area contributed by atoms with Crippen molar-refractivity contribution < 1.29 is 28.8 Å². The van der Waals surface area contributed by atoms with Crippen LogP contribution in [0.5, 0.6) is 34.5 Å². The zero-order valence-electron chi connectivity index (χ0n) is 22.5. The van der Waals surface area contributed by atoms with Crippen LogP contribution in [0.2, 0.25) is 0 Å². The number of aromatic hydroxyl groups is 1. The smallest absolute Gasteiger partial charge is 0.135 e. The summed E-state index contributed by atoms with van der Waals surface area (Å²) in [6.45, 7) is 0. The highest BCUT2D eigenvalue weighted by Crippen LogP contribution is 2.51. The first kappa shape index (κ1) is 26.0. The predicted octanol–water partition coefficient (Wildman–Crippen LogP) is 6.95. The van der Waals surface area contributed by atoms with E-state index in [1.807, 2.05) is 54.6 Å². The molecule has 6 nitrogen and oxygen atoms in total. The molecule has 2 atom stereocenters. The first-order chi connectivity index (χ1) is 19.0. The van der Waals surface area contributed by atoms with E-state index in [0.29, 0.717) is 0 Å². The van der Waals surface area contributed by atoms with Gasteiger partial charge in [0.05, 0.1) is 34.4 Å². The Balaban J connectivity index is 1.49. The van der Waals surface area contributed by atoms with E-state index in [0.717, 1.165) is 63.0 Å². The highest BCUT2D eigenvalue weighted by molar-refractivity contribution is 5.57. The van der Waals surface area contributed by atoms with Gasteiger partial charge in [-0.2, -0.15) is 0 Å². The maximum atomic E-state index is 9.86. The molecule has 5 rings (SSSR count). The Hall–Kier alpha value is -4.58. The van der Waals surface area contributed by atoms with Crippen molar-refractivity contribution in [2.24, 2.45) is 0 Å². The Morgan fingerprint density at radius 2 is 1.28 bits per heavy atom. The number of methoxy groups -OCH3 is 4. The van der Waals surface area contributed by atoms with Crippen LogP contribution < -0.4 is 23.7 Å². The van der Waals surface area contributed by atoms with E-state index in [-0.39, 0.29) is 17.8 Å². The van der Waals surface area contributed by atoms with Crippen LogP contribution in [0, 0.1) is 0 Å². The van der Waals surface area contributed by atoms with Crippen molar-refractivity contribution in [3.8, 4) is 34.5 Å². The van der Waals surface area contributed by atoms with Crippen LogP contribution in [0.3, 0.4) is 0 Å². The fraction of sp³-hybridized carbons (Fsp3) is 0.212. The Morgan fingerprint density at radius 3 is 1.87 bits per heavy atom. The van der Waals surface area contributed by atoms with E-state index in [1.54, 1.807) is 40.6 Å². The van der Waals surface area contributed by atoms with Gasteiger partial charge >= 0.3 is 0 Å². The molecule has 0 radical (unpaired) electrons. The molecule has 1 aliphatic rings. The number of ether oxygens (including phenoxy) is 5. The normalized spacial score (nSPS) is 16.0. The highest BCUT2D eigenvalue weighted by atomic mass is 16.5. The summed E-state index contributed by atoms with van der Waals surface area (Å²) in [5.74, 6) is 3.90. The van der Waals surface area contributed by atoms with Crippen molar-refractivity contribution in [3.05, 3.63) is 113 Å². The van der Waals surface area contributed by atoms with Gasteiger partial charge in [0.25, 0.3) is 0 Å². The molecule has 4 aromatic rings. The van der Waals surface area contributed by atoms with Gasteiger partial charge in [-0.05, 0) is 71.1 Å². The number of rotatable bonds is 9. The molecule has 0 aliphatic carbocycles. The monoisotopic (exact) mass is 524 g/mol. The van der Waals surface area contributed by atoms with Gasteiger partial charge in [0.15, 0.2) is 0 Å². The van der Waals surface area contributed by atoms with Crippen molar-refractivity contribution in [1.29, 1.82) is 0 Å². The summed E-state index contributed by atoms with van der Waals surface area (Å²) in [4.78, 5) is 0. The summed E-state index contributed by atoms with van der Waals surface area (Å²) in [7, 11) is 6.60.